The summed E-state index contributed by atoms with van der Waals surface area (Å²) in [5.74, 6) is -2.75. The monoisotopic (exact) mass is 355 g/mol. The Morgan fingerprint density at radius 2 is 1.76 bits per heavy atom. The van der Waals surface area contributed by atoms with E-state index in [-0.39, 0.29) is 6.61 Å². The fourth-order valence-electron chi connectivity index (χ4n) is 1.03. The molecule has 0 unspecified atom stereocenters. The number of aliphatic hydroxyl groups excluding tert-OH is 1. The first-order chi connectivity index (χ1) is 9.88. The topological polar surface area (TPSA) is 107 Å². The van der Waals surface area contributed by atoms with Crippen LogP contribution in [-0.4, -0.2) is 52.7 Å². The number of aliphatic hydroxyl groups is 1. The van der Waals surface area contributed by atoms with Crippen molar-refractivity contribution < 1.29 is 24.9 Å². The first-order valence-electron chi connectivity index (χ1n) is 5.74. The Bertz CT molecular complexity index is 461. The van der Waals surface area contributed by atoms with E-state index >= 15 is 0 Å². The summed E-state index contributed by atoms with van der Waals surface area (Å²) in [5.41, 5.74) is 0. The first kappa shape index (κ1) is 20.0. The van der Waals surface area contributed by atoms with Crippen LogP contribution in [0.15, 0.2) is 23.1 Å². The highest BCUT2D eigenvalue weighted by molar-refractivity contribution is 7.99. The third kappa shape index (κ3) is 10.4. The average molecular weight is 356 g/mol. The van der Waals surface area contributed by atoms with Crippen LogP contribution in [0.5, 0.6) is 0 Å². The minimum Gasteiger partial charge on any atom is -0.473 e. The molecule has 0 aromatic heterocycles. The molecule has 0 saturated carbocycles. The third-order valence-electron chi connectivity index (χ3n) is 1.90. The van der Waals surface area contributed by atoms with Crippen LogP contribution in [0.25, 0.3) is 0 Å². The van der Waals surface area contributed by atoms with Crippen LogP contribution in [0, 0.1) is 0 Å². The van der Waals surface area contributed by atoms with E-state index in [1.807, 2.05) is 6.07 Å². The summed E-state index contributed by atoms with van der Waals surface area (Å²) in [7, 11) is 0. The van der Waals surface area contributed by atoms with Crippen molar-refractivity contribution in [3.63, 3.8) is 0 Å². The molecule has 1 aromatic rings. The van der Waals surface area contributed by atoms with Crippen LogP contribution in [0.4, 0.5) is 0 Å². The normalized spacial score (nSPS) is 9.67. The van der Waals surface area contributed by atoms with Crippen molar-refractivity contribution in [3.05, 3.63) is 28.2 Å². The SMILES string of the molecule is O=C(O)C(=O)O.OCCNCCSc1cc(Cl)ccc1Cl. The van der Waals surface area contributed by atoms with Gasteiger partial charge in [-0.15, -0.1) is 11.8 Å². The van der Waals surface area contributed by atoms with Crippen molar-refractivity contribution in [1.82, 2.24) is 5.32 Å². The Kier molecular flexibility index (Phi) is 11.1. The summed E-state index contributed by atoms with van der Waals surface area (Å²) in [4.78, 5) is 19.2. The fourth-order valence-corrected chi connectivity index (χ4v) is 2.43. The van der Waals surface area contributed by atoms with Gasteiger partial charge in [-0.05, 0) is 18.2 Å². The molecule has 0 aliphatic carbocycles. The molecular formula is C12H15Cl2NO5S. The number of aliphatic carboxylic acids is 2. The van der Waals surface area contributed by atoms with Crippen molar-refractivity contribution in [2.24, 2.45) is 0 Å². The van der Waals surface area contributed by atoms with Gasteiger partial charge in [0.05, 0.1) is 11.6 Å². The standard InChI is InChI=1S/C10H13Cl2NOS.C2H2O4/c11-8-1-2-9(12)10(7-8)15-6-4-13-3-5-14;3-1(4)2(5)6/h1-2,7,13-14H,3-6H2;(H,3,4)(H,5,6). The molecule has 0 fully saturated rings. The number of thioether (sulfide) groups is 1. The number of hydrogen-bond donors (Lipinski definition) is 4. The third-order valence-corrected chi connectivity index (χ3v) is 3.63. The van der Waals surface area contributed by atoms with Gasteiger partial charge in [0.25, 0.3) is 0 Å². The highest BCUT2D eigenvalue weighted by Crippen LogP contribution is 2.29. The highest BCUT2D eigenvalue weighted by Gasteiger charge is 2.04. The molecule has 0 aliphatic heterocycles. The number of carboxylic acid groups (broad SMARTS) is 2. The van der Waals surface area contributed by atoms with Gasteiger partial charge in [-0.25, -0.2) is 9.59 Å². The lowest BCUT2D eigenvalue weighted by Crippen LogP contribution is -2.20. The van der Waals surface area contributed by atoms with Gasteiger partial charge >= 0.3 is 11.9 Å². The van der Waals surface area contributed by atoms with Crippen LogP contribution in [0.1, 0.15) is 0 Å². The van der Waals surface area contributed by atoms with Gasteiger partial charge in [-0.3, -0.25) is 0 Å². The van der Waals surface area contributed by atoms with Crippen molar-refractivity contribution in [1.29, 1.82) is 0 Å². The van der Waals surface area contributed by atoms with E-state index in [1.165, 1.54) is 0 Å². The fraction of sp³-hybridized carbons (Fsp3) is 0.333. The van der Waals surface area contributed by atoms with Gasteiger partial charge in [0.15, 0.2) is 0 Å². The molecule has 0 radical (unpaired) electrons. The van der Waals surface area contributed by atoms with Gasteiger partial charge in [0.2, 0.25) is 0 Å². The molecule has 1 rings (SSSR count). The number of halogens is 2. The zero-order valence-electron chi connectivity index (χ0n) is 10.9. The number of carbonyl (C=O) groups is 2. The molecule has 0 amide bonds. The summed E-state index contributed by atoms with van der Waals surface area (Å²) in [5, 5.41) is 27.9. The summed E-state index contributed by atoms with van der Waals surface area (Å²) in [6.07, 6.45) is 0. The molecule has 4 N–H and O–H groups in total. The largest absolute Gasteiger partial charge is 0.473 e. The maximum Gasteiger partial charge on any atom is 0.414 e. The van der Waals surface area contributed by atoms with E-state index in [9.17, 15) is 0 Å². The summed E-state index contributed by atoms with van der Waals surface area (Å²) in [6, 6.07) is 5.44. The average Bonchev–Trinajstić information content (AvgIpc) is 2.43. The molecule has 0 bridgehead atoms. The number of nitrogens with one attached hydrogen (secondary N) is 1. The lowest BCUT2D eigenvalue weighted by molar-refractivity contribution is -0.159. The number of benzene rings is 1. The molecule has 0 saturated heterocycles. The Morgan fingerprint density at radius 3 is 2.29 bits per heavy atom. The minimum absolute atomic E-state index is 0.169. The van der Waals surface area contributed by atoms with Crippen molar-refractivity contribution in [2.45, 2.75) is 4.90 Å². The second-order valence-electron chi connectivity index (χ2n) is 3.51. The maximum atomic E-state index is 9.10. The van der Waals surface area contributed by atoms with Crippen LogP contribution >= 0.6 is 35.0 Å². The van der Waals surface area contributed by atoms with Gasteiger partial charge in [-0.1, -0.05) is 23.2 Å². The van der Waals surface area contributed by atoms with Crippen LogP contribution in [0.3, 0.4) is 0 Å². The van der Waals surface area contributed by atoms with E-state index < -0.39 is 11.9 Å². The zero-order chi connectivity index (χ0) is 16.3. The Labute approximate surface area is 136 Å². The van der Waals surface area contributed by atoms with Crippen LogP contribution in [0.2, 0.25) is 10.0 Å². The Morgan fingerprint density at radius 1 is 1.14 bits per heavy atom. The molecule has 0 heterocycles. The minimum atomic E-state index is -1.82. The van der Waals surface area contributed by atoms with Crippen LogP contribution < -0.4 is 5.32 Å². The molecule has 118 valence electrons. The number of rotatable bonds is 6. The zero-order valence-corrected chi connectivity index (χ0v) is 13.2. The smallest absolute Gasteiger partial charge is 0.414 e. The van der Waals surface area contributed by atoms with E-state index in [4.69, 9.17) is 48.1 Å². The van der Waals surface area contributed by atoms with Crippen molar-refractivity contribution >= 4 is 46.9 Å². The van der Waals surface area contributed by atoms with E-state index in [0.717, 1.165) is 22.2 Å². The Balaban J connectivity index is 0.000000567. The van der Waals surface area contributed by atoms with Gasteiger partial charge in [0, 0.05) is 28.8 Å². The molecule has 9 heteroatoms. The summed E-state index contributed by atoms with van der Waals surface area (Å²) in [6.45, 7) is 1.64. The molecule has 0 spiro atoms. The van der Waals surface area contributed by atoms with E-state index in [1.54, 1.807) is 23.9 Å². The second kappa shape index (κ2) is 11.6. The van der Waals surface area contributed by atoms with Crippen molar-refractivity contribution in [3.8, 4) is 0 Å². The first-order valence-corrected chi connectivity index (χ1v) is 7.48. The van der Waals surface area contributed by atoms with E-state index in [2.05, 4.69) is 5.32 Å². The highest BCUT2D eigenvalue weighted by atomic mass is 35.5. The molecule has 1 aromatic carbocycles. The molecule has 21 heavy (non-hydrogen) atoms. The summed E-state index contributed by atoms with van der Waals surface area (Å²) < 4.78 is 0. The van der Waals surface area contributed by atoms with Gasteiger partial charge in [0.1, 0.15) is 0 Å². The quantitative estimate of drug-likeness (QED) is 0.350. The van der Waals surface area contributed by atoms with Gasteiger partial charge < -0.3 is 20.6 Å². The van der Waals surface area contributed by atoms with Gasteiger partial charge in [-0.2, -0.15) is 0 Å². The second-order valence-corrected chi connectivity index (χ2v) is 5.49. The number of carboxylic acids is 2. The predicted molar refractivity (Wildman–Crippen MR) is 82.4 cm³/mol. The van der Waals surface area contributed by atoms with Crippen LogP contribution in [-0.2, 0) is 9.59 Å². The Hall–Kier alpha value is -0.990. The molecule has 0 atom stereocenters. The predicted octanol–water partition coefficient (Wildman–Crippen LogP) is 1.82. The lowest BCUT2D eigenvalue weighted by Gasteiger charge is -2.05. The number of hydrogen-bond acceptors (Lipinski definition) is 5. The summed E-state index contributed by atoms with van der Waals surface area (Å²) >= 11 is 13.5. The van der Waals surface area contributed by atoms with E-state index in [0.29, 0.717) is 11.6 Å². The molecule has 0 aliphatic rings. The van der Waals surface area contributed by atoms with Crippen molar-refractivity contribution in [2.75, 3.05) is 25.4 Å². The molecular weight excluding hydrogens is 341 g/mol. The lowest BCUT2D eigenvalue weighted by atomic mass is 10.4. The maximum absolute atomic E-state index is 9.10. The molecule has 6 nitrogen and oxygen atoms in total.